The van der Waals surface area contributed by atoms with Gasteiger partial charge in [-0.15, -0.1) is 11.3 Å². The summed E-state index contributed by atoms with van der Waals surface area (Å²) in [5.74, 6) is 0.661. The molecule has 4 rings (SSSR count). The molecular weight excluding hydrogens is 436 g/mol. The molecule has 0 bridgehead atoms. The molecule has 0 spiro atoms. The highest BCUT2D eigenvalue weighted by molar-refractivity contribution is 7.13. The van der Waals surface area contributed by atoms with Gasteiger partial charge in [0.1, 0.15) is 11.6 Å². The summed E-state index contributed by atoms with van der Waals surface area (Å²) in [5.41, 5.74) is 6.29. The van der Waals surface area contributed by atoms with Crippen LogP contribution in [0.1, 0.15) is 33.6 Å². The number of aryl methyl sites for hydroxylation is 1. The number of carbonyl (C=O) groups is 1. The third-order valence-corrected chi connectivity index (χ3v) is 7.03. The van der Waals surface area contributed by atoms with E-state index in [1.807, 2.05) is 37.6 Å². The second kappa shape index (κ2) is 9.72. The average molecular weight is 465 g/mol. The lowest BCUT2D eigenvalue weighted by atomic mass is 10.1. The minimum Gasteiger partial charge on any atom is -0.496 e. The van der Waals surface area contributed by atoms with E-state index in [1.54, 1.807) is 35.5 Å². The third kappa shape index (κ3) is 4.77. The Labute approximate surface area is 197 Å². The molecule has 1 aromatic heterocycles. The number of aliphatic hydroxyl groups excluding tert-OH is 1. The Morgan fingerprint density at radius 1 is 1.27 bits per heavy atom. The van der Waals surface area contributed by atoms with Gasteiger partial charge in [-0.05, 0) is 37.1 Å². The summed E-state index contributed by atoms with van der Waals surface area (Å²) >= 11 is 1.62. The van der Waals surface area contributed by atoms with Gasteiger partial charge in [-0.25, -0.2) is 4.98 Å². The SMILES string of the molecule is COc1cccc(C(=O)N2C[C@H](O)C[C@H]2C(=N)NCc2ccc(-c3scnc3C)cc2)c1C. The first-order chi connectivity index (χ1) is 15.9. The average Bonchev–Trinajstić information content (AvgIpc) is 3.43. The third-order valence-electron chi connectivity index (χ3n) is 6.05. The van der Waals surface area contributed by atoms with Crippen LogP contribution in [0.3, 0.4) is 0 Å². The number of ether oxygens (including phenoxy) is 1. The topological polar surface area (TPSA) is 98.5 Å². The van der Waals surface area contributed by atoms with Gasteiger partial charge in [0, 0.05) is 30.6 Å². The zero-order valence-electron chi connectivity index (χ0n) is 19.0. The minimum absolute atomic E-state index is 0.201. The summed E-state index contributed by atoms with van der Waals surface area (Å²) in [7, 11) is 1.57. The Hall–Kier alpha value is -3.23. The Morgan fingerprint density at radius 2 is 2.03 bits per heavy atom. The molecule has 0 unspecified atom stereocenters. The van der Waals surface area contributed by atoms with Crippen molar-refractivity contribution >= 4 is 23.1 Å². The number of nitrogens with zero attached hydrogens (tertiary/aromatic N) is 2. The first-order valence-corrected chi connectivity index (χ1v) is 11.7. The van der Waals surface area contributed by atoms with Crippen LogP contribution in [0.15, 0.2) is 48.0 Å². The van der Waals surface area contributed by atoms with Gasteiger partial charge in [0.25, 0.3) is 5.91 Å². The number of aromatic nitrogens is 1. The fourth-order valence-electron chi connectivity index (χ4n) is 4.20. The number of methoxy groups -OCH3 is 1. The molecule has 1 amide bonds. The number of nitrogens with one attached hydrogen (secondary N) is 2. The maximum Gasteiger partial charge on any atom is 0.254 e. The zero-order chi connectivity index (χ0) is 23.5. The Bertz CT molecular complexity index is 1160. The molecule has 8 heteroatoms. The van der Waals surface area contributed by atoms with Crippen LogP contribution in [0, 0.1) is 19.3 Å². The van der Waals surface area contributed by atoms with Gasteiger partial charge in [0.2, 0.25) is 0 Å². The number of β-amino-alcohol motifs (C(OH)–C–C–N with tert-alkyl or cyclic N) is 1. The van der Waals surface area contributed by atoms with Gasteiger partial charge in [0.05, 0.1) is 35.3 Å². The molecule has 1 aliphatic rings. The molecule has 3 aromatic rings. The van der Waals surface area contributed by atoms with Crippen LogP contribution in [-0.2, 0) is 6.54 Å². The van der Waals surface area contributed by atoms with Gasteiger partial charge in [-0.1, -0.05) is 30.3 Å². The number of amidine groups is 1. The lowest BCUT2D eigenvalue weighted by Gasteiger charge is -2.26. The lowest BCUT2D eigenvalue weighted by molar-refractivity contribution is 0.0742. The van der Waals surface area contributed by atoms with Crippen LogP contribution in [0.2, 0.25) is 0 Å². The molecule has 3 N–H and O–H groups in total. The highest BCUT2D eigenvalue weighted by Gasteiger charge is 2.38. The molecular formula is C25H28N4O3S. The quantitative estimate of drug-likeness (QED) is 0.381. The fraction of sp³-hybridized carbons (Fsp3) is 0.320. The first-order valence-electron chi connectivity index (χ1n) is 10.8. The van der Waals surface area contributed by atoms with Gasteiger partial charge in [-0.2, -0.15) is 0 Å². The van der Waals surface area contributed by atoms with E-state index in [2.05, 4.69) is 22.4 Å². The summed E-state index contributed by atoms with van der Waals surface area (Å²) in [4.78, 5) is 20.3. The normalized spacial score (nSPS) is 17.8. The zero-order valence-corrected chi connectivity index (χ0v) is 19.8. The number of aliphatic hydroxyl groups is 1. The van der Waals surface area contributed by atoms with Crippen molar-refractivity contribution < 1.29 is 14.6 Å². The van der Waals surface area contributed by atoms with Gasteiger partial charge >= 0.3 is 0 Å². The van der Waals surface area contributed by atoms with Gasteiger partial charge in [0.15, 0.2) is 0 Å². The van der Waals surface area contributed by atoms with Crippen molar-refractivity contribution in [3.63, 3.8) is 0 Å². The van der Waals surface area contributed by atoms with Crippen LogP contribution in [0.5, 0.6) is 5.75 Å². The van der Waals surface area contributed by atoms with Crippen molar-refractivity contribution in [3.8, 4) is 16.2 Å². The summed E-state index contributed by atoms with van der Waals surface area (Å²) < 4.78 is 5.34. The van der Waals surface area contributed by atoms with Gasteiger partial charge in [-0.3, -0.25) is 10.2 Å². The second-order valence-corrected chi connectivity index (χ2v) is 9.08. The molecule has 2 heterocycles. The van der Waals surface area contributed by atoms with E-state index < -0.39 is 12.1 Å². The Morgan fingerprint density at radius 3 is 2.70 bits per heavy atom. The fourth-order valence-corrected chi connectivity index (χ4v) is 5.01. The van der Waals surface area contributed by atoms with Crippen molar-refractivity contribution in [2.24, 2.45) is 0 Å². The van der Waals surface area contributed by atoms with Crippen molar-refractivity contribution in [1.29, 1.82) is 5.41 Å². The summed E-state index contributed by atoms with van der Waals surface area (Å²) in [6.07, 6.45) is -0.321. The molecule has 1 saturated heterocycles. The number of benzene rings is 2. The van der Waals surface area contributed by atoms with Crippen LogP contribution >= 0.6 is 11.3 Å². The van der Waals surface area contributed by atoms with Crippen molar-refractivity contribution in [1.82, 2.24) is 15.2 Å². The Kier molecular flexibility index (Phi) is 6.76. The number of rotatable bonds is 6. The maximum atomic E-state index is 13.3. The Balaban J connectivity index is 1.44. The number of thiazole rings is 1. The van der Waals surface area contributed by atoms with Crippen LogP contribution < -0.4 is 10.1 Å². The molecule has 0 aliphatic carbocycles. The largest absolute Gasteiger partial charge is 0.496 e. The van der Waals surface area contributed by atoms with Gasteiger partial charge < -0.3 is 20.1 Å². The molecule has 1 fully saturated rings. The van der Waals surface area contributed by atoms with E-state index in [9.17, 15) is 9.90 Å². The number of carbonyl (C=O) groups excluding carboxylic acids is 1. The van der Waals surface area contributed by atoms with E-state index in [-0.39, 0.29) is 18.3 Å². The van der Waals surface area contributed by atoms with Crippen molar-refractivity contribution in [3.05, 3.63) is 70.4 Å². The molecule has 2 atom stereocenters. The maximum absolute atomic E-state index is 13.3. The van der Waals surface area contributed by atoms with Crippen LogP contribution in [-0.4, -0.2) is 52.5 Å². The summed E-state index contributed by atoms with van der Waals surface area (Å²) in [6, 6.07) is 13.0. The molecule has 172 valence electrons. The molecule has 33 heavy (non-hydrogen) atoms. The molecule has 7 nitrogen and oxygen atoms in total. The van der Waals surface area contributed by atoms with E-state index in [4.69, 9.17) is 10.1 Å². The number of hydrogen-bond donors (Lipinski definition) is 3. The van der Waals surface area contributed by atoms with Crippen LogP contribution in [0.25, 0.3) is 10.4 Å². The highest BCUT2D eigenvalue weighted by Crippen LogP contribution is 2.28. The summed E-state index contributed by atoms with van der Waals surface area (Å²) in [5, 5.41) is 22.0. The standard InChI is InChI=1S/C25H28N4O3S/c1-15-20(5-4-6-22(15)32-3)25(31)29-13-19(30)11-21(29)24(26)27-12-17-7-9-18(10-8-17)23-16(2)28-14-33-23/h4-10,14,19,21,30H,11-13H2,1-3H3,(H2,26,27)/t19-,21+/m1/s1. The highest BCUT2D eigenvalue weighted by atomic mass is 32.1. The molecule has 2 aromatic carbocycles. The van der Waals surface area contributed by atoms with E-state index in [0.717, 1.165) is 27.3 Å². The monoisotopic (exact) mass is 464 g/mol. The van der Waals surface area contributed by atoms with Crippen LogP contribution in [0.4, 0.5) is 0 Å². The minimum atomic E-state index is -0.658. The van der Waals surface area contributed by atoms with E-state index in [1.165, 1.54) is 0 Å². The molecule has 0 saturated carbocycles. The predicted octanol–water partition coefficient (Wildman–Crippen LogP) is 3.78. The molecule has 1 aliphatic heterocycles. The lowest BCUT2D eigenvalue weighted by Crippen LogP contribution is -2.45. The summed E-state index contributed by atoms with van der Waals surface area (Å²) in [6.45, 7) is 4.51. The second-order valence-electron chi connectivity index (χ2n) is 8.23. The smallest absolute Gasteiger partial charge is 0.254 e. The predicted molar refractivity (Wildman–Crippen MR) is 130 cm³/mol. The first kappa shape index (κ1) is 22.9. The molecule has 0 radical (unpaired) electrons. The van der Waals surface area contributed by atoms with Crippen molar-refractivity contribution in [2.75, 3.05) is 13.7 Å². The number of likely N-dealkylation sites (tertiary alicyclic amines) is 1. The number of hydrogen-bond acceptors (Lipinski definition) is 6. The number of amides is 1. The van der Waals surface area contributed by atoms with Crippen molar-refractivity contribution in [2.45, 2.75) is 39.0 Å². The van der Waals surface area contributed by atoms with E-state index >= 15 is 0 Å². The van der Waals surface area contributed by atoms with E-state index in [0.29, 0.717) is 24.3 Å².